The maximum Gasteiger partial charge on any atom is 0.316 e. The van der Waals surface area contributed by atoms with Gasteiger partial charge in [-0.25, -0.2) is 0 Å². The highest BCUT2D eigenvalue weighted by atomic mass is 32.2. The molecule has 88 valence electrons. The number of rotatable bonds is 6. The van der Waals surface area contributed by atoms with Crippen LogP contribution in [-0.2, 0) is 4.79 Å². The number of carboxylic acid groups (broad SMARTS) is 1. The van der Waals surface area contributed by atoms with Gasteiger partial charge in [0.15, 0.2) is 5.78 Å². The monoisotopic (exact) mass is 258 g/mol. The van der Waals surface area contributed by atoms with Crippen LogP contribution in [0.25, 0.3) is 0 Å². The van der Waals surface area contributed by atoms with Gasteiger partial charge in [0, 0.05) is 0 Å². The first kappa shape index (κ1) is 13.3. The van der Waals surface area contributed by atoms with Crippen molar-refractivity contribution in [3.8, 4) is 0 Å². The average molecular weight is 258 g/mol. The third kappa shape index (κ3) is 3.64. The predicted molar refractivity (Wildman–Crippen MR) is 67.4 cm³/mol. The Labute approximate surface area is 103 Å². The van der Waals surface area contributed by atoms with Crippen LogP contribution in [0.4, 0.5) is 0 Å². The average Bonchev–Trinajstić information content (AvgIpc) is 2.69. The molecule has 1 aromatic rings. The summed E-state index contributed by atoms with van der Waals surface area (Å²) in [6.45, 7) is 3.70. The van der Waals surface area contributed by atoms with Crippen LogP contribution in [0.15, 0.2) is 17.5 Å². The van der Waals surface area contributed by atoms with E-state index >= 15 is 0 Å². The van der Waals surface area contributed by atoms with Crippen molar-refractivity contribution in [2.24, 2.45) is 5.92 Å². The topological polar surface area (TPSA) is 54.4 Å². The fourth-order valence-electron chi connectivity index (χ4n) is 1.22. The summed E-state index contributed by atoms with van der Waals surface area (Å²) in [6, 6.07) is 3.58. The van der Waals surface area contributed by atoms with Crippen LogP contribution in [-0.4, -0.2) is 27.9 Å². The van der Waals surface area contributed by atoms with E-state index in [0.29, 0.717) is 4.88 Å². The first-order valence-electron chi connectivity index (χ1n) is 4.93. The Bertz CT molecular complexity index is 357. The summed E-state index contributed by atoms with van der Waals surface area (Å²) in [6.07, 6.45) is 0. The Morgan fingerprint density at radius 2 is 2.19 bits per heavy atom. The van der Waals surface area contributed by atoms with Crippen molar-refractivity contribution >= 4 is 34.9 Å². The minimum absolute atomic E-state index is 0.00639. The molecule has 0 aromatic carbocycles. The van der Waals surface area contributed by atoms with Gasteiger partial charge in [-0.15, -0.1) is 23.1 Å². The largest absolute Gasteiger partial charge is 0.480 e. The van der Waals surface area contributed by atoms with Crippen molar-refractivity contribution in [2.45, 2.75) is 19.1 Å². The Morgan fingerprint density at radius 1 is 1.50 bits per heavy atom. The van der Waals surface area contributed by atoms with E-state index in [2.05, 4.69) is 0 Å². The van der Waals surface area contributed by atoms with Crippen LogP contribution >= 0.6 is 23.1 Å². The van der Waals surface area contributed by atoms with Gasteiger partial charge in [-0.1, -0.05) is 19.9 Å². The molecule has 0 aliphatic rings. The highest BCUT2D eigenvalue weighted by Gasteiger charge is 2.23. The zero-order valence-electron chi connectivity index (χ0n) is 9.17. The Balaban J connectivity index is 2.50. The molecule has 5 heteroatoms. The molecule has 0 saturated heterocycles. The number of hydrogen-bond acceptors (Lipinski definition) is 4. The van der Waals surface area contributed by atoms with Crippen LogP contribution in [0.2, 0.25) is 0 Å². The second-order valence-corrected chi connectivity index (χ2v) is 5.79. The minimum atomic E-state index is -0.848. The number of thioether (sulfide) groups is 1. The summed E-state index contributed by atoms with van der Waals surface area (Å²) >= 11 is 2.59. The molecule has 0 saturated carbocycles. The van der Waals surface area contributed by atoms with E-state index in [1.165, 1.54) is 23.1 Å². The van der Waals surface area contributed by atoms with Crippen LogP contribution in [0.5, 0.6) is 0 Å². The minimum Gasteiger partial charge on any atom is -0.480 e. The fraction of sp³-hybridized carbons (Fsp3) is 0.455. The van der Waals surface area contributed by atoms with Crippen LogP contribution in [0.3, 0.4) is 0 Å². The first-order chi connectivity index (χ1) is 7.52. The van der Waals surface area contributed by atoms with Crippen LogP contribution in [0.1, 0.15) is 23.5 Å². The van der Waals surface area contributed by atoms with E-state index < -0.39 is 11.2 Å². The molecular weight excluding hydrogens is 244 g/mol. The van der Waals surface area contributed by atoms with E-state index in [1.807, 2.05) is 25.3 Å². The van der Waals surface area contributed by atoms with Gasteiger partial charge >= 0.3 is 5.97 Å². The van der Waals surface area contributed by atoms with Gasteiger partial charge < -0.3 is 5.11 Å². The van der Waals surface area contributed by atoms with E-state index in [4.69, 9.17) is 5.11 Å². The second kappa shape index (κ2) is 6.06. The third-order valence-corrected chi connectivity index (χ3v) is 4.48. The van der Waals surface area contributed by atoms with Gasteiger partial charge in [0.2, 0.25) is 0 Å². The SMILES string of the molecule is CC(C)C(SCC(=O)c1cccs1)C(=O)O. The number of ketones is 1. The molecule has 1 N–H and O–H groups in total. The first-order valence-corrected chi connectivity index (χ1v) is 6.86. The van der Waals surface area contributed by atoms with Crippen molar-refractivity contribution in [3.05, 3.63) is 22.4 Å². The quantitative estimate of drug-likeness (QED) is 0.797. The van der Waals surface area contributed by atoms with Crippen molar-refractivity contribution in [3.63, 3.8) is 0 Å². The van der Waals surface area contributed by atoms with Crippen molar-refractivity contribution < 1.29 is 14.7 Å². The van der Waals surface area contributed by atoms with Gasteiger partial charge in [-0.05, 0) is 17.4 Å². The summed E-state index contributed by atoms with van der Waals surface area (Å²) < 4.78 is 0. The van der Waals surface area contributed by atoms with Crippen LogP contribution < -0.4 is 0 Å². The lowest BCUT2D eigenvalue weighted by Crippen LogP contribution is -2.24. The molecule has 0 aliphatic carbocycles. The highest BCUT2D eigenvalue weighted by Crippen LogP contribution is 2.22. The molecule has 1 unspecified atom stereocenters. The van der Waals surface area contributed by atoms with E-state index in [-0.39, 0.29) is 17.5 Å². The molecule has 1 aromatic heterocycles. The summed E-state index contributed by atoms with van der Waals surface area (Å²) in [5.74, 6) is -0.583. The van der Waals surface area contributed by atoms with Crippen LogP contribution in [0, 0.1) is 5.92 Å². The van der Waals surface area contributed by atoms with E-state index in [0.717, 1.165) is 0 Å². The van der Waals surface area contributed by atoms with Gasteiger partial charge in [0.05, 0.1) is 10.6 Å². The molecule has 0 amide bonds. The normalized spacial score (nSPS) is 12.7. The van der Waals surface area contributed by atoms with E-state index in [1.54, 1.807) is 6.07 Å². The zero-order valence-corrected chi connectivity index (χ0v) is 10.8. The smallest absolute Gasteiger partial charge is 0.316 e. The standard InChI is InChI=1S/C11H14O3S2/c1-7(2)10(11(13)14)16-6-8(12)9-4-3-5-15-9/h3-5,7,10H,6H2,1-2H3,(H,13,14). The lowest BCUT2D eigenvalue weighted by molar-refractivity contribution is -0.137. The molecule has 1 rings (SSSR count). The number of aliphatic carboxylic acids is 1. The van der Waals surface area contributed by atoms with Crippen molar-refractivity contribution in [1.82, 2.24) is 0 Å². The summed E-state index contributed by atoms with van der Waals surface area (Å²) in [7, 11) is 0. The Kier molecular flexibility index (Phi) is 5.02. The van der Waals surface area contributed by atoms with Gasteiger partial charge in [0.1, 0.15) is 5.25 Å². The number of carbonyl (C=O) groups excluding carboxylic acids is 1. The van der Waals surface area contributed by atoms with Gasteiger partial charge in [-0.3, -0.25) is 9.59 Å². The predicted octanol–water partition coefficient (Wildman–Crippen LogP) is 2.77. The molecule has 0 fully saturated rings. The zero-order chi connectivity index (χ0) is 12.1. The second-order valence-electron chi connectivity index (χ2n) is 3.71. The Morgan fingerprint density at radius 3 is 2.62 bits per heavy atom. The third-order valence-electron chi connectivity index (χ3n) is 2.04. The van der Waals surface area contributed by atoms with Crippen molar-refractivity contribution in [1.29, 1.82) is 0 Å². The lowest BCUT2D eigenvalue weighted by Gasteiger charge is -2.14. The molecule has 0 aliphatic heterocycles. The molecule has 1 atom stereocenters. The number of Topliss-reactive ketones (excluding diaryl/α,β-unsaturated/α-hetero) is 1. The molecule has 3 nitrogen and oxygen atoms in total. The number of thiophene rings is 1. The van der Waals surface area contributed by atoms with Gasteiger partial charge in [0.25, 0.3) is 0 Å². The maximum absolute atomic E-state index is 11.7. The molecule has 0 radical (unpaired) electrons. The molecule has 0 bridgehead atoms. The number of carboxylic acids is 1. The molecular formula is C11H14O3S2. The van der Waals surface area contributed by atoms with E-state index in [9.17, 15) is 9.59 Å². The summed E-state index contributed by atoms with van der Waals surface area (Å²) in [5.41, 5.74) is 0. The Hall–Kier alpha value is -0.810. The molecule has 1 heterocycles. The summed E-state index contributed by atoms with van der Waals surface area (Å²) in [4.78, 5) is 23.3. The number of hydrogen-bond donors (Lipinski definition) is 1. The lowest BCUT2D eigenvalue weighted by atomic mass is 10.1. The molecule has 16 heavy (non-hydrogen) atoms. The highest BCUT2D eigenvalue weighted by molar-refractivity contribution is 8.01. The maximum atomic E-state index is 11.7. The number of carbonyl (C=O) groups is 2. The summed E-state index contributed by atoms with van der Waals surface area (Å²) in [5, 5.41) is 10.3. The molecule has 0 spiro atoms. The fourth-order valence-corrected chi connectivity index (χ4v) is 2.99. The van der Waals surface area contributed by atoms with Gasteiger partial charge in [-0.2, -0.15) is 0 Å². The van der Waals surface area contributed by atoms with Crippen molar-refractivity contribution in [2.75, 3.05) is 5.75 Å².